The molecule has 2 N–H and O–H groups in total. The molecule has 0 spiro atoms. The smallest absolute Gasteiger partial charge is 0.410 e. The Bertz CT molecular complexity index is 1390. The number of hydrogen-bond donors (Lipinski definition) is 2. The molecule has 2 saturated heterocycles. The van der Waals surface area contributed by atoms with Crippen molar-refractivity contribution < 1.29 is 28.9 Å². The SMILES string of the molecule is Cc1nsc(-c2nc(OCC(C)(C)O)c(C(=O)NCc3ccc(Cl)cc3)cc2O[C@H]2CCN3C(=O)OC[C@@H]3C2)n1. The summed E-state index contributed by atoms with van der Waals surface area (Å²) in [6.45, 7) is 5.96. The predicted molar refractivity (Wildman–Crippen MR) is 148 cm³/mol. The van der Waals surface area contributed by atoms with Crippen LogP contribution in [0, 0.1) is 6.92 Å². The van der Waals surface area contributed by atoms with Gasteiger partial charge in [0.05, 0.1) is 11.6 Å². The largest absolute Gasteiger partial charge is 0.488 e. The number of cyclic esters (lactones) is 1. The number of pyridine rings is 1. The number of aromatic nitrogens is 3. The highest BCUT2D eigenvalue weighted by atomic mass is 35.5. The normalized spacial score (nSPS) is 18.7. The zero-order valence-electron chi connectivity index (χ0n) is 22.3. The minimum absolute atomic E-state index is 0.0375. The Hall–Kier alpha value is -3.48. The van der Waals surface area contributed by atoms with Crippen molar-refractivity contribution in [1.29, 1.82) is 0 Å². The number of aryl methyl sites for hydroxylation is 1. The van der Waals surface area contributed by atoms with Gasteiger partial charge in [0, 0.05) is 37.0 Å². The number of aliphatic hydroxyl groups is 1. The molecular weight excluding hydrogens is 558 g/mol. The topological polar surface area (TPSA) is 136 Å². The van der Waals surface area contributed by atoms with Crippen LogP contribution in [0.15, 0.2) is 30.3 Å². The van der Waals surface area contributed by atoms with Gasteiger partial charge < -0.3 is 29.5 Å². The van der Waals surface area contributed by atoms with E-state index in [1.54, 1.807) is 43.9 Å². The minimum atomic E-state index is -1.16. The van der Waals surface area contributed by atoms with E-state index in [-0.39, 0.29) is 42.8 Å². The van der Waals surface area contributed by atoms with Gasteiger partial charge in [-0.15, -0.1) is 0 Å². The molecule has 212 valence electrons. The van der Waals surface area contributed by atoms with E-state index in [2.05, 4.69) is 19.7 Å². The van der Waals surface area contributed by atoms with E-state index in [1.165, 1.54) is 0 Å². The fourth-order valence-electron chi connectivity index (χ4n) is 4.46. The number of nitrogens with one attached hydrogen (secondary N) is 1. The van der Waals surface area contributed by atoms with Crippen LogP contribution in [0.4, 0.5) is 4.79 Å². The Morgan fingerprint density at radius 1 is 1.30 bits per heavy atom. The van der Waals surface area contributed by atoms with Gasteiger partial charge in [-0.2, -0.15) is 4.37 Å². The highest BCUT2D eigenvalue weighted by molar-refractivity contribution is 7.09. The molecule has 0 unspecified atom stereocenters. The molecule has 2 aliphatic heterocycles. The number of nitrogens with zero attached hydrogens (tertiary/aromatic N) is 4. The molecule has 3 aromatic rings. The van der Waals surface area contributed by atoms with Crippen molar-refractivity contribution in [2.24, 2.45) is 0 Å². The zero-order valence-corrected chi connectivity index (χ0v) is 23.9. The van der Waals surface area contributed by atoms with Crippen molar-refractivity contribution in [3.8, 4) is 22.3 Å². The van der Waals surface area contributed by atoms with Crippen LogP contribution in [0.3, 0.4) is 0 Å². The van der Waals surface area contributed by atoms with Crippen molar-refractivity contribution in [2.75, 3.05) is 19.8 Å². The first kappa shape index (κ1) is 28.1. The first-order chi connectivity index (χ1) is 19.1. The maximum absolute atomic E-state index is 13.5. The fraction of sp³-hybridized carbons (Fsp3) is 0.444. The molecule has 0 aliphatic carbocycles. The number of carbonyl (C=O) groups excluding carboxylic acids is 2. The second-order valence-corrected chi connectivity index (χ2v) is 11.6. The molecule has 1 aromatic carbocycles. The highest BCUT2D eigenvalue weighted by Gasteiger charge is 2.39. The molecule has 0 saturated carbocycles. The fourth-order valence-corrected chi connectivity index (χ4v) is 5.25. The molecule has 0 radical (unpaired) electrons. The van der Waals surface area contributed by atoms with E-state index in [9.17, 15) is 14.7 Å². The van der Waals surface area contributed by atoms with Gasteiger partial charge in [-0.05, 0) is 50.0 Å². The van der Waals surface area contributed by atoms with Gasteiger partial charge in [-0.3, -0.25) is 4.79 Å². The lowest BCUT2D eigenvalue weighted by atomic mass is 10.0. The first-order valence-corrected chi connectivity index (χ1v) is 14.0. The molecule has 4 heterocycles. The summed E-state index contributed by atoms with van der Waals surface area (Å²) < 4.78 is 21.8. The summed E-state index contributed by atoms with van der Waals surface area (Å²) in [4.78, 5) is 36.3. The Kier molecular flexibility index (Phi) is 8.11. The van der Waals surface area contributed by atoms with E-state index in [4.69, 9.17) is 25.8 Å². The summed E-state index contributed by atoms with van der Waals surface area (Å²) in [7, 11) is 0. The lowest BCUT2D eigenvalue weighted by Gasteiger charge is -2.32. The molecular formula is C27H30ClN5O6S. The summed E-state index contributed by atoms with van der Waals surface area (Å²) in [6, 6.07) is 8.68. The molecule has 0 bridgehead atoms. The third-order valence-electron chi connectivity index (χ3n) is 6.45. The van der Waals surface area contributed by atoms with Crippen LogP contribution in [0.1, 0.15) is 48.4 Å². The molecule has 2 aliphatic rings. The van der Waals surface area contributed by atoms with Crippen LogP contribution in [-0.2, 0) is 11.3 Å². The molecule has 2 amide bonds. The van der Waals surface area contributed by atoms with Gasteiger partial charge in [0.15, 0.2) is 5.01 Å². The van der Waals surface area contributed by atoms with Crippen molar-refractivity contribution >= 4 is 35.1 Å². The number of halogens is 1. The predicted octanol–water partition coefficient (Wildman–Crippen LogP) is 4.00. The van der Waals surface area contributed by atoms with Crippen LogP contribution < -0.4 is 14.8 Å². The van der Waals surface area contributed by atoms with Crippen LogP contribution in [0.5, 0.6) is 11.6 Å². The minimum Gasteiger partial charge on any atom is -0.488 e. The van der Waals surface area contributed by atoms with Crippen molar-refractivity contribution in [3.63, 3.8) is 0 Å². The van der Waals surface area contributed by atoms with Crippen LogP contribution in [0.2, 0.25) is 5.02 Å². The second-order valence-electron chi connectivity index (χ2n) is 10.4. The van der Waals surface area contributed by atoms with Gasteiger partial charge >= 0.3 is 6.09 Å². The maximum Gasteiger partial charge on any atom is 0.410 e. The summed E-state index contributed by atoms with van der Waals surface area (Å²) in [5, 5.41) is 14.3. The zero-order chi connectivity index (χ0) is 28.4. The van der Waals surface area contributed by atoms with E-state index in [0.717, 1.165) is 17.1 Å². The molecule has 2 fully saturated rings. The molecule has 2 aromatic heterocycles. The Morgan fingerprint density at radius 2 is 2.08 bits per heavy atom. The number of amides is 2. The molecule has 11 nitrogen and oxygen atoms in total. The Morgan fingerprint density at radius 3 is 2.77 bits per heavy atom. The summed E-state index contributed by atoms with van der Waals surface area (Å²) >= 11 is 7.14. The monoisotopic (exact) mass is 587 g/mol. The van der Waals surface area contributed by atoms with Gasteiger partial charge in [0.2, 0.25) is 5.88 Å². The average Bonchev–Trinajstić information content (AvgIpc) is 3.51. The van der Waals surface area contributed by atoms with Crippen molar-refractivity contribution in [2.45, 2.75) is 57.9 Å². The van der Waals surface area contributed by atoms with E-state index in [1.807, 2.05) is 12.1 Å². The Balaban J connectivity index is 1.47. The number of ether oxygens (including phenoxy) is 3. The van der Waals surface area contributed by atoms with Crippen molar-refractivity contribution in [1.82, 2.24) is 24.6 Å². The summed E-state index contributed by atoms with van der Waals surface area (Å²) in [5.74, 6) is 0.539. The maximum atomic E-state index is 13.5. The highest BCUT2D eigenvalue weighted by Crippen LogP contribution is 2.37. The van der Waals surface area contributed by atoms with Crippen LogP contribution in [-0.4, -0.2) is 73.9 Å². The number of benzene rings is 1. The number of rotatable bonds is 9. The quantitative estimate of drug-likeness (QED) is 0.380. The summed E-state index contributed by atoms with van der Waals surface area (Å²) in [6.07, 6.45) is 0.631. The second kappa shape index (κ2) is 11.6. The lowest BCUT2D eigenvalue weighted by Crippen LogP contribution is -2.44. The Labute approximate surface area is 240 Å². The van der Waals surface area contributed by atoms with Gasteiger partial charge in [-0.1, -0.05) is 23.7 Å². The van der Waals surface area contributed by atoms with E-state index >= 15 is 0 Å². The van der Waals surface area contributed by atoms with Crippen LogP contribution in [0.25, 0.3) is 10.7 Å². The number of hydrogen-bond acceptors (Lipinski definition) is 10. The van der Waals surface area contributed by atoms with Crippen LogP contribution >= 0.6 is 23.1 Å². The number of fused-ring (bicyclic) bond motifs is 1. The standard InChI is InChI=1S/C27H30ClN5O6S/c1-15-30-25(40-32-15)22-21(39-19-8-9-33-18(10-19)13-37-26(33)35)11-20(24(31-22)38-14-27(2,3)36)23(34)29-12-16-4-6-17(28)7-5-16/h4-7,11,18-19,36H,8-10,12-14H2,1-3H3,(H,29,34)/t18-,19-/m0/s1. The van der Waals surface area contributed by atoms with E-state index in [0.29, 0.717) is 53.3 Å². The third kappa shape index (κ3) is 6.62. The lowest BCUT2D eigenvalue weighted by molar-refractivity contribution is 0.0263. The molecule has 5 rings (SSSR count). The summed E-state index contributed by atoms with van der Waals surface area (Å²) in [5.41, 5.74) is 0.228. The van der Waals surface area contributed by atoms with Crippen molar-refractivity contribution in [3.05, 3.63) is 52.3 Å². The van der Waals surface area contributed by atoms with Gasteiger partial charge in [-0.25, -0.2) is 14.8 Å². The number of carbonyl (C=O) groups is 2. The van der Waals surface area contributed by atoms with Gasteiger partial charge in [0.25, 0.3) is 5.91 Å². The molecule has 2 atom stereocenters. The average molecular weight is 588 g/mol. The first-order valence-electron chi connectivity index (χ1n) is 12.9. The molecule has 13 heteroatoms. The number of piperidine rings is 1. The van der Waals surface area contributed by atoms with E-state index < -0.39 is 11.5 Å². The third-order valence-corrected chi connectivity index (χ3v) is 7.52. The van der Waals surface area contributed by atoms with Gasteiger partial charge in [0.1, 0.15) is 42.1 Å². The molecule has 40 heavy (non-hydrogen) atoms.